The molecular weight excluding hydrogens is 251 g/mol. The zero-order valence-electron chi connectivity index (χ0n) is 9.89. The van der Waals surface area contributed by atoms with Gasteiger partial charge in [0.2, 0.25) is 0 Å². The molecule has 1 amide bonds. The van der Waals surface area contributed by atoms with Gasteiger partial charge in [-0.2, -0.15) is 4.98 Å². The van der Waals surface area contributed by atoms with Crippen molar-refractivity contribution in [3.63, 3.8) is 0 Å². The van der Waals surface area contributed by atoms with Crippen LogP contribution in [-0.4, -0.2) is 22.1 Å². The Morgan fingerprint density at radius 2 is 2.26 bits per heavy atom. The van der Waals surface area contributed by atoms with Crippen LogP contribution in [0.5, 0.6) is 0 Å². The number of aromatic nitrogens is 2. The Morgan fingerprint density at radius 1 is 1.47 bits per heavy atom. The summed E-state index contributed by atoms with van der Waals surface area (Å²) in [7, 11) is 0. The van der Waals surface area contributed by atoms with Gasteiger partial charge in [-0.3, -0.25) is 4.79 Å². The Morgan fingerprint density at radius 3 is 2.95 bits per heavy atom. The Balaban J connectivity index is 1.90. The molecular formula is C12H11FN4O2. The number of nitrogens with one attached hydrogen (secondary N) is 1. The predicted molar refractivity (Wildman–Crippen MR) is 64.6 cm³/mol. The second-order valence-electron chi connectivity index (χ2n) is 4.37. The molecule has 0 bridgehead atoms. The van der Waals surface area contributed by atoms with Crippen molar-refractivity contribution in [2.24, 2.45) is 0 Å². The zero-order chi connectivity index (χ0) is 13.4. The van der Waals surface area contributed by atoms with Crippen LogP contribution >= 0.6 is 0 Å². The normalized spacial score (nSPS) is 14.4. The molecule has 2 aromatic rings. The van der Waals surface area contributed by atoms with Crippen LogP contribution in [0.1, 0.15) is 23.5 Å². The van der Waals surface area contributed by atoms with Crippen LogP contribution in [0, 0.1) is 5.82 Å². The van der Waals surface area contributed by atoms with E-state index in [0.29, 0.717) is 0 Å². The summed E-state index contributed by atoms with van der Waals surface area (Å²) in [6, 6.07) is 4.42. The van der Waals surface area contributed by atoms with E-state index in [9.17, 15) is 9.18 Å². The molecule has 0 saturated heterocycles. The standard InChI is InChI=1S/C12H11FN4O2/c13-7-2-1-3-8(14)9(7)12-16-10(17-19-12)11(18)15-6-4-5-6/h1-3,6H,4-5,14H2,(H,15,18). The molecule has 0 aliphatic heterocycles. The van der Waals surface area contributed by atoms with Gasteiger partial charge in [0.15, 0.2) is 0 Å². The minimum atomic E-state index is -0.571. The van der Waals surface area contributed by atoms with E-state index < -0.39 is 11.7 Å². The molecule has 1 fully saturated rings. The van der Waals surface area contributed by atoms with Crippen molar-refractivity contribution in [1.82, 2.24) is 15.5 Å². The van der Waals surface area contributed by atoms with Gasteiger partial charge >= 0.3 is 0 Å². The molecule has 0 atom stereocenters. The minimum absolute atomic E-state index is 0.0143. The molecule has 0 spiro atoms. The number of anilines is 1. The van der Waals surface area contributed by atoms with Crippen LogP contribution in [0.15, 0.2) is 22.7 Å². The Labute approximate surface area is 107 Å². The van der Waals surface area contributed by atoms with Crippen molar-refractivity contribution in [2.45, 2.75) is 18.9 Å². The van der Waals surface area contributed by atoms with Crippen LogP contribution in [0.25, 0.3) is 11.5 Å². The Kier molecular flexibility index (Phi) is 2.66. The minimum Gasteiger partial charge on any atom is -0.398 e. The summed E-state index contributed by atoms with van der Waals surface area (Å²) in [6.45, 7) is 0. The number of amides is 1. The maximum atomic E-state index is 13.7. The highest BCUT2D eigenvalue weighted by atomic mass is 19.1. The second-order valence-corrected chi connectivity index (χ2v) is 4.37. The van der Waals surface area contributed by atoms with Gasteiger partial charge in [-0.05, 0) is 25.0 Å². The first-order valence-electron chi connectivity index (χ1n) is 5.84. The van der Waals surface area contributed by atoms with Gasteiger partial charge in [-0.1, -0.05) is 11.2 Å². The molecule has 1 aromatic heterocycles. The van der Waals surface area contributed by atoms with E-state index in [0.717, 1.165) is 12.8 Å². The first kappa shape index (κ1) is 11.6. The molecule has 1 saturated carbocycles. The summed E-state index contributed by atoms with van der Waals surface area (Å²) in [5.74, 6) is -1.22. The van der Waals surface area contributed by atoms with Gasteiger partial charge in [0.25, 0.3) is 17.6 Å². The Hall–Kier alpha value is -2.44. The molecule has 1 heterocycles. The summed E-state index contributed by atoms with van der Waals surface area (Å²) in [5.41, 5.74) is 5.85. The quantitative estimate of drug-likeness (QED) is 0.814. The van der Waals surface area contributed by atoms with Crippen LogP contribution in [-0.2, 0) is 0 Å². The molecule has 1 aromatic carbocycles. The third-order valence-electron chi connectivity index (χ3n) is 2.80. The number of nitrogens with zero attached hydrogens (tertiary/aromatic N) is 2. The van der Waals surface area contributed by atoms with Crippen LogP contribution in [0.2, 0.25) is 0 Å². The van der Waals surface area contributed by atoms with E-state index in [1.807, 2.05) is 0 Å². The molecule has 7 heteroatoms. The fourth-order valence-corrected chi connectivity index (χ4v) is 1.66. The maximum absolute atomic E-state index is 13.7. The number of carbonyl (C=O) groups excluding carboxylic acids is 1. The molecule has 6 nitrogen and oxygen atoms in total. The third kappa shape index (κ3) is 2.26. The van der Waals surface area contributed by atoms with Crippen molar-refractivity contribution in [3.05, 3.63) is 29.8 Å². The SMILES string of the molecule is Nc1cccc(F)c1-c1nc(C(=O)NC2CC2)no1. The number of rotatable bonds is 3. The van der Waals surface area contributed by atoms with Crippen molar-refractivity contribution >= 4 is 11.6 Å². The molecule has 1 aliphatic rings. The number of halogens is 1. The average Bonchev–Trinajstić information content (AvgIpc) is 3.04. The smallest absolute Gasteiger partial charge is 0.292 e. The van der Waals surface area contributed by atoms with Gasteiger partial charge < -0.3 is 15.6 Å². The largest absolute Gasteiger partial charge is 0.398 e. The highest BCUT2D eigenvalue weighted by Crippen LogP contribution is 2.27. The second kappa shape index (κ2) is 4.34. The summed E-state index contributed by atoms with van der Waals surface area (Å²) >= 11 is 0. The maximum Gasteiger partial charge on any atom is 0.292 e. The van der Waals surface area contributed by atoms with E-state index in [-0.39, 0.29) is 29.0 Å². The van der Waals surface area contributed by atoms with Crippen molar-refractivity contribution < 1.29 is 13.7 Å². The molecule has 3 rings (SSSR count). The van der Waals surface area contributed by atoms with Crippen LogP contribution in [0.4, 0.5) is 10.1 Å². The Bertz CT molecular complexity index is 616. The molecule has 0 radical (unpaired) electrons. The lowest BCUT2D eigenvalue weighted by molar-refractivity contribution is 0.0937. The lowest BCUT2D eigenvalue weighted by Gasteiger charge is -2.00. The number of carbonyl (C=O) groups is 1. The van der Waals surface area contributed by atoms with Crippen LogP contribution < -0.4 is 11.1 Å². The summed E-state index contributed by atoms with van der Waals surface area (Å²) in [4.78, 5) is 15.6. The van der Waals surface area contributed by atoms with Crippen molar-refractivity contribution in [2.75, 3.05) is 5.73 Å². The number of hydrogen-bond acceptors (Lipinski definition) is 5. The topological polar surface area (TPSA) is 94.0 Å². The summed E-state index contributed by atoms with van der Waals surface area (Å²) in [5, 5.41) is 6.25. The van der Waals surface area contributed by atoms with Crippen LogP contribution in [0.3, 0.4) is 0 Å². The summed E-state index contributed by atoms with van der Waals surface area (Å²) < 4.78 is 18.6. The fraction of sp³-hybridized carbons (Fsp3) is 0.250. The number of hydrogen-bond donors (Lipinski definition) is 2. The predicted octanol–water partition coefficient (Wildman–Crippen LogP) is 1.35. The third-order valence-corrected chi connectivity index (χ3v) is 2.80. The first-order chi connectivity index (χ1) is 9.15. The first-order valence-corrected chi connectivity index (χ1v) is 5.84. The van der Waals surface area contributed by atoms with Crippen molar-refractivity contribution in [3.8, 4) is 11.5 Å². The van der Waals surface area contributed by atoms with E-state index >= 15 is 0 Å². The van der Waals surface area contributed by atoms with Gasteiger partial charge in [-0.25, -0.2) is 4.39 Å². The van der Waals surface area contributed by atoms with E-state index in [1.54, 1.807) is 0 Å². The lowest BCUT2D eigenvalue weighted by atomic mass is 10.1. The summed E-state index contributed by atoms with van der Waals surface area (Å²) in [6.07, 6.45) is 1.91. The van der Waals surface area contributed by atoms with E-state index in [4.69, 9.17) is 10.3 Å². The molecule has 0 unspecified atom stereocenters. The number of nitrogens with two attached hydrogens (primary N) is 1. The fourth-order valence-electron chi connectivity index (χ4n) is 1.66. The van der Waals surface area contributed by atoms with E-state index in [2.05, 4.69) is 15.5 Å². The van der Waals surface area contributed by atoms with E-state index in [1.165, 1.54) is 18.2 Å². The molecule has 3 N–H and O–H groups in total. The van der Waals surface area contributed by atoms with Gasteiger partial charge in [0.05, 0.1) is 5.56 Å². The van der Waals surface area contributed by atoms with Gasteiger partial charge in [0, 0.05) is 11.7 Å². The van der Waals surface area contributed by atoms with Gasteiger partial charge in [0.1, 0.15) is 5.82 Å². The molecule has 98 valence electrons. The highest BCUT2D eigenvalue weighted by molar-refractivity contribution is 5.91. The number of nitrogen functional groups attached to an aromatic ring is 1. The number of benzene rings is 1. The average molecular weight is 262 g/mol. The monoisotopic (exact) mass is 262 g/mol. The zero-order valence-corrected chi connectivity index (χ0v) is 9.89. The molecule has 1 aliphatic carbocycles. The molecule has 19 heavy (non-hydrogen) atoms. The van der Waals surface area contributed by atoms with Crippen molar-refractivity contribution in [1.29, 1.82) is 0 Å². The lowest BCUT2D eigenvalue weighted by Crippen LogP contribution is -2.26. The van der Waals surface area contributed by atoms with Gasteiger partial charge in [-0.15, -0.1) is 0 Å². The highest BCUT2D eigenvalue weighted by Gasteiger charge is 2.26.